The van der Waals surface area contributed by atoms with Crippen molar-refractivity contribution in [2.75, 3.05) is 12.8 Å². The number of methoxy groups -OCH3 is 1. The molecule has 0 bridgehead atoms. The Morgan fingerprint density at radius 3 is 2.37 bits per heavy atom. The molecule has 35 heavy (non-hydrogen) atoms. The summed E-state index contributed by atoms with van der Waals surface area (Å²) in [6.45, 7) is 4.65. The van der Waals surface area contributed by atoms with E-state index in [1.165, 1.54) is 16.7 Å². The molecule has 5 aromatic rings. The lowest BCUT2D eigenvalue weighted by atomic mass is 10.0. The maximum atomic E-state index is 6.31. The van der Waals surface area contributed by atoms with Gasteiger partial charge in [-0.1, -0.05) is 48.0 Å². The number of fused-ring (bicyclic) bond motifs is 1. The standard InChI is InChI=1S/C29H29N5O/c1-19-4-10-23(11-5-19)25-15-26-28(32-17-25)34(29(30)33-26)18-22-9-13-24(27(14-22)35-3)12-8-21-7-6-20(2)31-16-21/h4-7,9-11,13-17H,8,12,18H2,1-3H3,(H2,30,33). The van der Waals surface area contributed by atoms with E-state index >= 15 is 0 Å². The molecule has 0 aliphatic carbocycles. The third-order valence-electron chi connectivity index (χ3n) is 6.35. The fourth-order valence-corrected chi connectivity index (χ4v) is 4.29. The Morgan fingerprint density at radius 2 is 1.63 bits per heavy atom. The van der Waals surface area contributed by atoms with Crippen molar-refractivity contribution in [1.29, 1.82) is 0 Å². The Labute approximate surface area is 205 Å². The number of nitrogens with two attached hydrogens (primary N) is 1. The zero-order chi connectivity index (χ0) is 24.4. The smallest absolute Gasteiger partial charge is 0.202 e. The van der Waals surface area contributed by atoms with Crippen molar-refractivity contribution in [1.82, 2.24) is 19.5 Å². The molecule has 0 saturated carbocycles. The second kappa shape index (κ2) is 9.58. The number of anilines is 1. The maximum absolute atomic E-state index is 6.31. The Balaban J connectivity index is 1.37. The molecule has 0 aliphatic heterocycles. The quantitative estimate of drug-likeness (QED) is 0.343. The summed E-state index contributed by atoms with van der Waals surface area (Å²) < 4.78 is 7.66. The summed E-state index contributed by atoms with van der Waals surface area (Å²) in [6.07, 6.45) is 5.62. The van der Waals surface area contributed by atoms with Gasteiger partial charge in [0.25, 0.3) is 0 Å². The van der Waals surface area contributed by atoms with Gasteiger partial charge in [0.05, 0.1) is 13.7 Å². The van der Waals surface area contributed by atoms with Crippen LogP contribution in [0.1, 0.15) is 27.9 Å². The van der Waals surface area contributed by atoms with Crippen LogP contribution in [0.2, 0.25) is 0 Å². The van der Waals surface area contributed by atoms with Crippen LogP contribution >= 0.6 is 0 Å². The summed E-state index contributed by atoms with van der Waals surface area (Å²) in [5.74, 6) is 1.32. The lowest BCUT2D eigenvalue weighted by Gasteiger charge is -2.12. The molecule has 2 N–H and O–H groups in total. The summed E-state index contributed by atoms with van der Waals surface area (Å²) in [6, 6.07) is 21.0. The third-order valence-corrected chi connectivity index (χ3v) is 6.35. The first-order valence-corrected chi connectivity index (χ1v) is 11.8. The van der Waals surface area contributed by atoms with Crippen molar-refractivity contribution < 1.29 is 4.74 Å². The zero-order valence-electron chi connectivity index (χ0n) is 20.3. The Morgan fingerprint density at radius 1 is 0.829 bits per heavy atom. The zero-order valence-corrected chi connectivity index (χ0v) is 20.3. The molecule has 0 amide bonds. The van der Waals surface area contributed by atoms with Gasteiger partial charge in [0.2, 0.25) is 5.95 Å². The highest BCUT2D eigenvalue weighted by Gasteiger charge is 2.13. The van der Waals surface area contributed by atoms with Crippen LogP contribution in [0.15, 0.2) is 73.1 Å². The van der Waals surface area contributed by atoms with Crippen molar-refractivity contribution in [2.24, 2.45) is 0 Å². The lowest BCUT2D eigenvalue weighted by Crippen LogP contribution is -2.06. The molecule has 6 nitrogen and oxygen atoms in total. The normalized spacial score (nSPS) is 11.2. The van der Waals surface area contributed by atoms with Crippen LogP contribution < -0.4 is 10.5 Å². The summed E-state index contributed by atoms with van der Waals surface area (Å²) in [7, 11) is 1.71. The van der Waals surface area contributed by atoms with E-state index in [1.807, 2.05) is 36.0 Å². The summed E-state index contributed by atoms with van der Waals surface area (Å²) in [4.78, 5) is 13.7. The number of rotatable bonds is 7. The molecule has 0 saturated heterocycles. The van der Waals surface area contributed by atoms with Crippen LogP contribution in [-0.2, 0) is 19.4 Å². The number of pyridine rings is 2. The van der Waals surface area contributed by atoms with Crippen molar-refractivity contribution >= 4 is 17.1 Å². The molecule has 0 atom stereocenters. The summed E-state index contributed by atoms with van der Waals surface area (Å²) >= 11 is 0. The summed E-state index contributed by atoms with van der Waals surface area (Å²) in [5.41, 5.74) is 15.7. The second-order valence-electron chi connectivity index (χ2n) is 8.94. The molecule has 2 aromatic carbocycles. The molecular weight excluding hydrogens is 434 g/mol. The fourth-order valence-electron chi connectivity index (χ4n) is 4.29. The number of nitrogens with zero attached hydrogens (tertiary/aromatic N) is 4. The maximum Gasteiger partial charge on any atom is 0.202 e. The van der Waals surface area contributed by atoms with E-state index in [4.69, 9.17) is 15.5 Å². The van der Waals surface area contributed by atoms with Crippen molar-refractivity contribution in [3.8, 4) is 16.9 Å². The molecule has 176 valence electrons. The lowest BCUT2D eigenvalue weighted by molar-refractivity contribution is 0.409. The highest BCUT2D eigenvalue weighted by Crippen LogP contribution is 2.27. The van der Waals surface area contributed by atoms with Crippen LogP contribution in [0.4, 0.5) is 5.95 Å². The first-order valence-electron chi connectivity index (χ1n) is 11.8. The van der Waals surface area contributed by atoms with Crippen molar-refractivity contribution in [3.63, 3.8) is 0 Å². The van der Waals surface area contributed by atoms with Crippen LogP contribution in [0.5, 0.6) is 5.75 Å². The number of imidazole rings is 1. The topological polar surface area (TPSA) is 78.9 Å². The van der Waals surface area contributed by atoms with E-state index in [2.05, 4.69) is 65.4 Å². The van der Waals surface area contributed by atoms with E-state index in [-0.39, 0.29) is 0 Å². The van der Waals surface area contributed by atoms with E-state index in [9.17, 15) is 0 Å². The minimum atomic E-state index is 0.448. The summed E-state index contributed by atoms with van der Waals surface area (Å²) in [5, 5.41) is 0. The van der Waals surface area contributed by atoms with Gasteiger partial charge in [-0.3, -0.25) is 9.55 Å². The van der Waals surface area contributed by atoms with Gasteiger partial charge in [-0.15, -0.1) is 0 Å². The first-order chi connectivity index (χ1) is 17.0. The Hall–Kier alpha value is -4.19. The van der Waals surface area contributed by atoms with E-state index in [0.717, 1.165) is 52.1 Å². The van der Waals surface area contributed by atoms with Gasteiger partial charge in [0.1, 0.15) is 11.3 Å². The average Bonchev–Trinajstić information content (AvgIpc) is 3.18. The molecule has 0 fully saturated rings. The van der Waals surface area contributed by atoms with E-state index in [1.54, 1.807) is 7.11 Å². The predicted octanol–water partition coefficient (Wildman–Crippen LogP) is 5.53. The minimum Gasteiger partial charge on any atom is -0.496 e. The van der Waals surface area contributed by atoms with Gasteiger partial charge < -0.3 is 10.5 Å². The molecule has 0 radical (unpaired) electrons. The van der Waals surface area contributed by atoms with Gasteiger partial charge in [0, 0.05) is 23.7 Å². The number of aryl methyl sites for hydroxylation is 4. The fraction of sp³-hybridized carbons (Fsp3) is 0.207. The van der Waals surface area contributed by atoms with Crippen LogP contribution in [0.3, 0.4) is 0 Å². The van der Waals surface area contributed by atoms with Crippen LogP contribution in [0.25, 0.3) is 22.3 Å². The molecule has 0 unspecified atom stereocenters. The molecule has 5 rings (SSSR count). The largest absolute Gasteiger partial charge is 0.496 e. The van der Waals surface area contributed by atoms with Crippen LogP contribution in [-0.4, -0.2) is 26.6 Å². The second-order valence-corrected chi connectivity index (χ2v) is 8.94. The number of aromatic nitrogens is 4. The van der Waals surface area contributed by atoms with E-state index < -0.39 is 0 Å². The molecule has 3 aromatic heterocycles. The molecule has 0 spiro atoms. The van der Waals surface area contributed by atoms with Gasteiger partial charge in [0.15, 0.2) is 5.65 Å². The number of hydrogen-bond acceptors (Lipinski definition) is 5. The Bertz CT molecular complexity index is 1470. The van der Waals surface area contributed by atoms with Crippen molar-refractivity contribution in [3.05, 3.63) is 101 Å². The average molecular weight is 464 g/mol. The highest BCUT2D eigenvalue weighted by molar-refractivity contribution is 5.80. The number of ether oxygens (including phenoxy) is 1. The van der Waals surface area contributed by atoms with Crippen LogP contribution in [0, 0.1) is 13.8 Å². The number of hydrogen-bond donors (Lipinski definition) is 1. The molecular formula is C29H29N5O. The Kier molecular flexibility index (Phi) is 6.19. The minimum absolute atomic E-state index is 0.448. The molecule has 0 aliphatic rings. The van der Waals surface area contributed by atoms with Gasteiger partial charge in [-0.2, -0.15) is 0 Å². The highest BCUT2D eigenvalue weighted by atomic mass is 16.5. The predicted molar refractivity (Wildman–Crippen MR) is 141 cm³/mol. The van der Waals surface area contributed by atoms with Gasteiger partial charge in [-0.05, 0) is 67.1 Å². The number of benzene rings is 2. The molecule has 3 heterocycles. The molecule has 6 heteroatoms. The van der Waals surface area contributed by atoms with Gasteiger partial charge in [-0.25, -0.2) is 9.97 Å². The van der Waals surface area contributed by atoms with Crippen molar-refractivity contribution in [2.45, 2.75) is 33.2 Å². The van der Waals surface area contributed by atoms with Gasteiger partial charge >= 0.3 is 0 Å². The first kappa shape index (κ1) is 22.6. The number of nitrogen functional groups attached to an aromatic ring is 1. The van der Waals surface area contributed by atoms with E-state index in [0.29, 0.717) is 12.5 Å². The monoisotopic (exact) mass is 463 g/mol. The third kappa shape index (κ3) is 4.87. The SMILES string of the molecule is COc1cc(Cn2c(N)nc3cc(-c4ccc(C)cc4)cnc32)ccc1CCc1ccc(C)nc1.